The molecule has 0 radical (unpaired) electrons. The molecule has 168 valence electrons. The Balaban J connectivity index is 1.65. The second-order valence-electron chi connectivity index (χ2n) is 9.40. The number of hydrogen-bond donors (Lipinski definition) is 2. The molecule has 0 saturated carbocycles. The van der Waals surface area contributed by atoms with Crippen LogP contribution in [0.15, 0.2) is 29.8 Å². The zero-order chi connectivity index (χ0) is 22.8. The highest BCUT2D eigenvalue weighted by atomic mass is 32.1. The van der Waals surface area contributed by atoms with Crippen molar-refractivity contribution >= 4 is 23.2 Å². The van der Waals surface area contributed by atoms with E-state index in [9.17, 15) is 14.7 Å². The quantitative estimate of drug-likeness (QED) is 0.712. The molecular formula is C24H33N3O3S. The number of nitrogens with zero attached hydrogens (tertiary/aromatic N) is 2. The van der Waals surface area contributed by atoms with Gasteiger partial charge in [0.25, 0.3) is 0 Å². The fourth-order valence-corrected chi connectivity index (χ4v) is 5.14. The number of carbonyl (C=O) groups is 2. The third kappa shape index (κ3) is 5.33. The van der Waals surface area contributed by atoms with Crippen LogP contribution in [0.5, 0.6) is 0 Å². The Kier molecular flexibility index (Phi) is 7.17. The molecule has 3 atom stereocenters. The largest absolute Gasteiger partial charge is 0.391 e. The Morgan fingerprint density at radius 2 is 1.97 bits per heavy atom. The van der Waals surface area contributed by atoms with E-state index >= 15 is 0 Å². The van der Waals surface area contributed by atoms with Crippen LogP contribution >= 0.6 is 11.3 Å². The van der Waals surface area contributed by atoms with Crippen LogP contribution in [-0.4, -0.2) is 45.5 Å². The third-order valence-electron chi connectivity index (χ3n) is 6.04. The summed E-state index contributed by atoms with van der Waals surface area (Å²) in [4.78, 5) is 33.1. The Morgan fingerprint density at radius 1 is 1.29 bits per heavy atom. The number of rotatable bonds is 6. The topological polar surface area (TPSA) is 82.5 Å². The van der Waals surface area contributed by atoms with E-state index in [1.165, 1.54) is 0 Å². The maximum absolute atomic E-state index is 13.2. The Morgan fingerprint density at radius 3 is 2.52 bits per heavy atom. The number of aliphatic hydroxyl groups excluding tert-OH is 1. The van der Waals surface area contributed by atoms with Gasteiger partial charge in [-0.3, -0.25) is 9.59 Å². The average molecular weight is 444 g/mol. The van der Waals surface area contributed by atoms with Gasteiger partial charge in [0.2, 0.25) is 11.8 Å². The molecule has 1 aromatic carbocycles. The van der Waals surface area contributed by atoms with Crippen LogP contribution in [0.2, 0.25) is 0 Å². The highest BCUT2D eigenvalue weighted by Gasteiger charge is 2.43. The summed E-state index contributed by atoms with van der Waals surface area (Å²) in [6.07, 6.45) is 0.315. The number of hydrogen-bond acceptors (Lipinski definition) is 5. The van der Waals surface area contributed by atoms with E-state index in [4.69, 9.17) is 0 Å². The summed E-state index contributed by atoms with van der Waals surface area (Å²) in [5, 5.41) is 13.1. The van der Waals surface area contributed by atoms with Gasteiger partial charge in [-0.05, 0) is 29.9 Å². The van der Waals surface area contributed by atoms with Crippen molar-refractivity contribution in [2.75, 3.05) is 6.54 Å². The first-order chi connectivity index (χ1) is 14.6. The molecule has 7 heteroatoms. The number of nitrogens with one attached hydrogen (secondary N) is 1. The smallest absolute Gasteiger partial charge is 0.243 e. The molecule has 0 spiro atoms. The van der Waals surface area contributed by atoms with E-state index in [0.29, 0.717) is 13.0 Å². The van der Waals surface area contributed by atoms with E-state index < -0.39 is 12.1 Å². The summed E-state index contributed by atoms with van der Waals surface area (Å²) in [6, 6.07) is 7.43. The Hall–Kier alpha value is -2.25. The number of aryl methyl sites for hydroxylation is 1. The van der Waals surface area contributed by atoms with Crippen LogP contribution in [0.25, 0.3) is 10.4 Å². The zero-order valence-corrected chi connectivity index (χ0v) is 19.8. The van der Waals surface area contributed by atoms with E-state index in [1.54, 1.807) is 16.2 Å². The summed E-state index contributed by atoms with van der Waals surface area (Å²) < 4.78 is 0. The molecule has 2 aromatic rings. The molecule has 1 saturated heterocycles. The SMILES string of the molecule is CC[C@@H](C(=O)N1C[C@@H](O)C[C@@H]1C(=O)NCc1ccc(-c2scnc2C)cc1)C(C)(C)C. The lowest BCUT2D eigenvalue weighted by molar-refractivity contribution is -0.144. The van der Waals surface area contributed by atoms with E-state index in [0.717, 1.165) is 21.7 Å². The zero-order valence-electron chi connectivity index (χ0n) is 19.0. The Bertz CT molecular complexity index is 917. The lowest BCUT2D eigenvalue weighted by Gasteiger charge is -2.34. The molecule has 0 unspecified atom stereocenters. The summed E-state index contributed by atoms with van der Waals surface area (Å²) >= 11 is 1.61. The first-order valence-corrected chi connectivity index (χ1v) is 11.8. The molecular weight excluding hydrogens is 410 g/mol. The van der Waals surface area contributed by atoms with E-state index in [-0.39, 0.29) is 36.1 Å². The minimum Gasteiger partial charge on any atom is -0.391 e. The highest BCUT2D eigenvalue weighted by Crippen LogP contribution is 2.33. The molecule has 6 nitrogen and oxygen atoms in total. The summed E-state index contributed by atoms with van der Waals surface area (Å²) in [7, 11) is 0. The summed E-state index contributed by atoms with van der Waals surface area (Å²) in [6.45, 7) is 10.7. The summed E-state index contributed by atoms with van der Waals surface area (Å²) in [5.74, 6) is -0.442. The standard InChI is InChI=1S/C24H33N3O3S/c1-6-19(24(3,4)5)23(30)27-13-18(28)11-20(27)22(29)25-12-16-7-9-17(10-8-16)21-15(2)26-14-31-21/h7-10,14,18-20,28H,6,11-13H2,1-5H3,(H,25,29)/t18-,19-,20+/m0/s1. The van der Waals surface area contributed by atoms with Gasteiger partial charge >= 0.3 is 0 Å². The number of aromatic nitrogens is 1. The van der Waals surface area contributed by atoms with Gasteiger partial charge < -0.3 is 15.3 Å². The molecule has 1 aliphatic heterocycles. The summed E-state index contributed by atoms with van der Waals surface area (Å²) in [5.41, 5.74) is 4.75. The normalized spacial score (nSPS) is 20.0. The van der Waals surface area contributed by atoms with Crippen molar-refractivity contribution in [1.82, 2.24) is 15.2 Å². The molecule has 1 aliphatic rings. The van der Waals surface area contributed by atoms with Crippen molar-refractivity contribution in [3.05, 3.63) is 41.0 Å². The van der Waals surface area contributed by atoms with Crippen LogP contribution in [0.3, 0.4) is 0 Å². The van der Waals surface area contributed by atoms with E-state index in [1.807, 2.05) is 64.4 Å². The Labute approximate surface area is 188 Å². The van der Waals surface area contributed by atoms with Crippen LogP contribution in [0, 0.1) is 18.3 Å². The first-order valence-electron chi connectivity index (χ1n) is 10.9. The van der Waals surface area contributed by atoms with E-state index in [2.05, 4.69) is 10.3 Å². The third-order valence-corrected chi connectivity index (χ3v) is 7.02. The number of likely N-dealkylation sites (tertiary alicyclic amines) is 1. The average Bonchev–Trinajstić information content (AvgIpc) is 3.31. The molecule has 2 N–H and O–H groups in total. The van der Waals surface area contributed by atoms with Crippen LogP contribution in [0.1, 0.15) is 51.8 Å². The van der Waals surface area contributed by atoms with Gasteiger partial charge in [0.15, 0.2) is 0 Å². The second kappa shape index (κ2) is 9.49. The first kappa shape index (κ1) is 23.4. The van der Waals surface area contributed by atoms with Gasteiger partial charge in [-0.1, -0.05) is 52.0 Å². The molecule has 31 heavy (non-hydrogen) atoms. The predicted molar refractivity (Wildman–Crippen MR) is 123 cm³/mol. The lowest BCUT2D eigenvalue weighted by atomic mass is 9.78. The van der Waals surface area contributed by atoms with Crippen LogP contribution < -0.4 is 5.32 Å². The minimum atomic E-state index is -0.667. The van der Waals surface area contributed by atoms with Crippen molar-refractivity contribution < 1.29 is 14.7 Å². The van der Waals surface area contributed by atoms with Gasteiger partial charge in [0, 0.05) is 25.4 Å². The molecule has 2 amide bonds. The fraction of sp³-hybridized carbons (Fsp3) is 0.542. The monoisotopic (exact) mass is 443 g/mol. The molecule has 1 aromatic heterocycles. The van der Waals surface area contributed by atoms with Crippen LogP contribution in [-0.2, 0) is 16.1 Å². The van der Waals surface area contributed by atoms with Crippen molar-refractivity contribution in [1.29, 1.82) is 0 Å². The number of carbonyl (C=O) groups excluding carboxylic acids is 2. The van der Waals surface area contributed by atoms with Crippen molar-refractivity contribution in [2.24, 2.45) is 11.3 Å². The highest BCUT2D eigenvalue weighted by molar-refractivity contribution is 7.13. The maximum Gasteiger partial charge on any atom is 0.243 e. The van der Waals surface area contributed by atoms with Crippen molar-refractivity contribution in [3.63, 3.8) is 0 Å². The number of aliphatic hydroxyl groups is 1. The second-order valence-corrected chi connectivity index (χ2v) is 10.3. The molecule has 0 aliphatic carbocycles. The molecule has 3 rings (SSSR count). The molecule has 0 bridgehead atoms. The lowest BCUT2D eigenvalue weighted by Crippen LogP contribution is -2.49. The maximum atomic E-state index is 13.2. The predicted octanol–water partition coefficient (Wildman–Crippen LogP) is 3.77. The van der Waals surface area contributed by atoms with Gasteiger partial charge in [-0.15, -0.1) is 11.3 Å². The number of benzene rings is 1. The number of β-amino-alcohol motifs (C(OH)–C–C–N with tert-alkyl or cyclic N) is 1. The van der Waals surface area contributed by atoms with Gasteiger partial charge in [0.05, 0.1) is 22.2 Å². The molecule has 1 fully saturated rings. The number of amides is 2. The number of thiazole rings is 1. The van der Waals surface area contributed by atoms with Crippen molar-refractivity contribution in [2.45, 2.75) is 66.2 Å². The molecule has 2 heterocycles. The van der Waals surface area contributed by atoms with Gasteiger partial charge in [0.1, 0.15) is 6.04 Å². The van der Waals surface area contributed by atoms with Crippen molar-refractivity contribution in [3.8, 4) is 10.4 Å². The van der Waals surface area contributed by atoms with Crippen LogP contribution in [0.4, 0.5) is 0 Å². The minimum absolute atomic E-state index is 0.0454. The van der Waals surface area contributed by atoms with Gasteiger partial charge in [-0.2, -0.15) is 0 Å². The fourth-order valence-electron chi connectivity index (χ4n) is 4.32. The van der Waals surface area contributed by atoms with Gasteiger partial charge in [-0.25, -0.2) is 4.98 Å².